The number of amides is 1. The van der Waals surface area contributed by atoms with Crippen LogP contribution in [0.5, 0.6) is 0 Å². The fourth-order valence-corrected chi connectivity index (χ4v) is 4.68. The number of thiophene rings is 1. The minimum Gasteiger partial charge on any atom is -0.481 e. The number of rotatable bonds is 4. The molecule has 2 N–H and O–H groups in total. The van der Waals surface area contributed by atoms with Gasteiger partial charge in [-0.25, -0.2) is 0 Å². The SMILES string of the molecule is O=C(O)CCC(=O)N1c2ccccc2NC2=C(C(=O)CCC2)[C@@H]1c1cccs1. The number of allylic oxidation sites excluding steroid dienone is 1. The number of nitrogens with one attached hydrogen (secondary N) is 1. The number of nitrogens with zero attached hydrogens (tertiary/aromatic N) is 1. The Labute approximate surface area is 166 Å². The molecule has 1 aromatic carbocycles. The predicted molar refractivity (Wildman–Crippen MR) is 107 cm³/mol. The Morgan fingerprint density at radius 3 is 2.71 bits per heavy atom. The van der Waals surface area contributed by atoms with Gasteiger partial charge in [0.15, 0.2) is 5.78 Å². The van der Waals surface area contributed by atoms with E-state index in [0.717, 1.165) is 29.1 Å². The van der Waals surface area contributed by atoms with Gasteiger partial charge >= 0.3 is 5.97 Å². The van der Waals surface area contributed by atoms with E-state index in [0.29, 0.717) is 17.7 Å². The molecule has 2 aliphatic rings. The Morgan fingerprint density at radius 1 is 1.14 bits per heavy atom. The number of carbonyl (C=O) groups is 3. The van der Waals surface area contributed by atoms with Gasteiger partial charge in [-0.05, 0) is 36.4 Å². The van der Waals surface area contributed by atoms with Gasteiger partial charge in [0.1, 0.15) is 6.04 Å². The average molecular weight is 396 g/mol. The molecule has 0 saturated heterocycles. The molecule has 0 spiro atoms. The van der Waals surface area contributed by atoms with Gasteiger partial charge in [-0.15, -0.1) is 11.3 Å². The van der Waals surface area contributed by atoms with E-state index in [2.05, 4.69) is 5.32 Å². The van der Waals surface area contributed by atoms with Gasteiger partial charge in [-0.3, -0.25) is 19.3 Å². The zero-order chi connectivity index (χ0) is 19.7. The van der Waals surface area contributed by atoms with Crippen LogP contribution in [-0.2, 0) is 14.4 Å². The number of carboxylic acids is 1. The maximum atomic E-state index is 13.2. The molecule has 144 valence electrons. The lowest BCUT2D eigenvalue weighted by Crippen LogP contribution is -2.37. The molecular formula is C21H20N2O4S. The number of aliphatic carboxylic acids is 1. The van der Waals surface area contributed by atoms with Crippen molar-refractivity contribution in [1.29, 1.82) is 0 Å². The van der Waals surface area contributed by atoms with E-state index in [1.165, 1.54) is 11.3 Å². The van der Waals surface area contributed by atoms with Crippen molar-refractivity contribution in [1.82, 2.24) is 0 Å². The van der Waals surface area contributed by atoms with Crippen molar-refractivity contribution in [2.75, 3.05) is 10.2 Å². The molecule has 1 atom stereocenters. The molecule has 4 rings (SSSR count). The number of para-hydroxylation sites is 2. The Bertz CT molecular complexity index is 965. The molecule has 0 radical (unpaired) electrons. The fraction of sp³-hybridized carbons (Fsp3) is 0.286. The smallest absolute Gasteiger partial charge is 0.303 e. The Morgan fingerprint density at radius 2 is 1.96 bits per heavy atom. The summed E-state index contributed by atoms with van der Waals surface area (Å²) in [5.41, 5.74) is 2.90. The minimum absolute atomic E-state index is 0.0380. The number of hydrogen-bond donors (Lipinski definition) is 2. The second-order valence-corrected chi connectivity index (χ2v) is 7.87. The minimum atomic E-state index is -1.02. The number of carbonyl (C=O) groups excluding carboxylic acids is 2. The lowest BCUT2D eigenvalue weighted by molar-refractivity contribution is -0.138. The van der Waals surface area contributed by atoms with E-state index >= 15 is 0 Å². The molecule has 0 saturated carbocycles. The molecule has 6 nitrogen and oxygen atoms in total. The van der Waals surface area contributed by atoms with Crippen LogP contribution in [0.4, 0.5) is 11.4 Å². The van der Waals surface area contributed by atoms with Crippen LogP contribution in [0.1, 0.15) is 43.0 Å². The van der Waals surface area contributed by atoms with Crippen molar-refractivity contribution in [3.8, 4) is 0 Å². The van der Waals surface area contributed by atoms with Crippen LogP contribution in [0, 0.1) is 0 Å². The standard InChI is InChI=1S/C21H20N2O4S/c24-16-8-3-6-14-20(16)21(17-9-4-12-28-17)23(18(25)10-11-19(26)27)15-7-2-1-5-13(15)22-14/h1-2,4-5,7,9,12,21-22H,3,6,8,10-11H2,(H,26,27)/t21-/m0/s1. The summed E-state index contributed by atoms with van der Waals surface area (Å²) in [6.07, 6.45) is 1.60. The third-order valence-electron chi connectivity index (χ3n) is 5.07. The summed E-state index contributed by atoms with van der Waals surface area (Å²) in [6, 6.07) is 10.7. The summed E-state index contributed by atoms with van der Waals surface area (Å²) >= 11 is 1.49. The third-order valence-corrected chi connectivity index (χ3v) is 6.00. The number of fused-ring (bicyclic) bond motifs is 1. The molecule has 1 amide bonds. The zero-order valence-corrected chi connectivity index (χ0v) is 16.0. The van der Waals surface area contributed by atoms with Crippen LogP contribution in [-0.4, -0.2) is 22.8 Å². The first-order valence-electron chi connectivity index (χ1n) is 9.26. The Hall–Kier alpha value is -2.93. The van der Waals surface area contributed by atoms with E-state index in [-0.39, 0.29) is 24.5 Å². The Kier molecular flexibility index (Phi) is 5.00. The van der Waals surface area contributed by atoms with Crippen molar-refractivity contribution < 1.29 is 19.5 Å². The Balaban J connectivity index is 1.90. The van der Waals surface area contributed by atoms with Gasteiger partial charge in [0.2, 0.25) is 5.91 Å². The highest BCUT2D eigenvalue weighted by Gasteiger charge is 2.39. The van der Waals surface area contributed by atoms with Crippen LogP contribution in [0.15, 0.2) is 53.0 Å². The molecule has 0 unspecified atom stereocenters. The van der Waals surface area contributed by atoms with E-state index in [9.17, 15) is 14.4 Å². The lowest BCUT2D eigenvalue weighted by Gasteiger charge is -2.33. The summed E-state index contributed by atoms with van der Waals surface area (Å²) in [4.78, 5) is 39.7. The summed E-state index contributed by atoms with van der Waals surface area (Å²) < 4.78 is 0. The molecule has 2 heterocycles. The first-order valence-corrected chi connectivity index (χ1v) is 10.1. The van der Waals surface area contributed by atoms with Crippen molar-refractivity contribution in [3.05, 3.63) is 57.9 Å². The number of carboxylic acid groups (broad SMARTS) is 1. The van der Waals surface area contributed by atoms with Crippen LogP contribution in [0.2, 0.25) is 0 Å². The molecule has 2 aromatic rings. The first-order chi connectivity index (χ1) is 13.6. The molecule has 0 bridgehead atoms. The maximum absolute atomic E-state index is 13.2. The van der Waals surface area contributed by atoms with Gasteiger partial charge in [0, 0.05) is 29.0 Å². The highest BCUT2D eigenvalue weighted by Crippen LogP contribution is 2.45. The molecule has 7 heteroatoms. The highest BCUT2D eigenvalue weighted by atomic mass is 32.1. The second-order valence-electron chi connectivity index (χ2n) is 6.89. The number of hydrogen-bond acceptors (Lipinski definition) is 5. The van der Waals surface area contributed by atoms with Crippen LogP contribution in [0.3, 0.4) is 0 Å². The van der Waals surface area contributed by atoms with Gasteiger partial charge < -0.3 is 10.4 Å². The monoisotopic (exact) mass is 396 g/mol. The summed E-state index contributed by atoms with van der Waals surface area (Å²) in [7, 11) is 0. The van der Waals surface area contributed by atoms with Gasteiger partial charge in [0.05, 0.1) is 17.8 Å². The normalized spacial score (nSPS) is 18.8. The molecule has 1 aliphatic carbocycles. The fourth-order valence-electron chi connectivity index (χ4n) is 3.86. The van der Waals surface area contributed by atoms with E-state index in [4.69, 9.17) is 5.11 Å². The van der Waals surface area contributed by atoms with Gasteiger partial charge in [-0.1, -0.05) is 18.2 Å². The van der Waals surface area contributed by atoms with E-state index in [1.807, 2.05) is 41.8 Å². The van der Waals surface area contributed by atoms with E-state index in [1.54, 1.807) is 4.90 Å². The maximum Gasteiger partial charge on any atom is 0.303 e. The number of benzene rings is 1. The second kappa shape index (κ2) is 7.59. The molecule has 28 heavy (non-hydrogen) atoms. The summed E-state index contributed by atoms with van der Waals surface area (Å²) in [6.45, 7) is 0. The van der Waals surface area contributed by atoms with Crippen LogP contribution < -0.4 is 10.2 Å². The van der Waals surface area contributed by atoms with Crippen LogP contribution in [0.25, 0.3) is 0 Å². The molecule has 0 fully saturated rings. The van der Waals surface area contributed by atoms with Gasteiger partial charge in [-0.2, -0.15) is 0 Å². The van der Waals surface area contributed by atoms with Crippen molar-refractivity contribution in [3.63, 3.8) is 0 Å². The molecular weight excluding hydrogens is 376 g/mol. The molecule has 1 aromatic heterocycles. The highest BCUT2D eigenvalue weighted by molar-refractivity contribution is 7.10. The third kappa shape index (κ3) is 3.33. The topological polar surface area (TPSA) is 86.7 Å². The lowest BCUT2D eigenvalue weighted by atomic mass is 9.88. The van der Waals surface area contributed by atoms with Crippen molar-refractivity contribution in [2.45, 2.75) is 38.1 Å². The number of Topliss-reactive ketones (excluding diaryl/α,β-unsaturated/α-hetero) is 1. The number of ketones is 1. The van der Waals surface area contributed by atoms with E-state index < -0.39 is 12.0 Å². The zero-order valence-electron chi connectivity index (χ0n) is 15.2. The largest absolute Gasteiger partial charge is 0.481 e. The first kappa shape index (κ1) is 18.4. The van der Waals surface area contributed by atoms with Gasteiger partial charge in [0.25, 0.3) is 0 Å². The average Bonchev–Trinajstić information content (AvgIpc) is 3.15. The summed E-state index contributed by atoms with van der Waals surface area (Å²) in [5.74, 6) is -1.28. The van der Waals surface area contributed by atoms with Crippen LogP contribution >= 0.6 is 11.3 Å². The predicted octanol–water partition coefficient (Wildman–Crippen LogP) is 4.12. The number of anilines is 2. The summed E-state index contributed by atoms with van der Waals surface area (Å²) in [5, 5.41) is 14.4. The quantitative estimate of drug-likeness (QED) is 0.812. The van der Waals surface area contributed by atoms with Crippen molar-refractivity contribution in [2.24, 2.45) is 0 Å². The van der Waals surface area contributed by atoms with Crippen molar-refractivity contribution >= 4 is 40.4 Å². The molecule has 1 aliphatic heterocycles.